The second-order valence-corrected chi connectivity index (χ2v) is 16.7. The molecule has 0 radical (unpaired) electrons. The smallest absolute Gasteiger partial charge is 0.0726 e. The van der Waals surface area contributed by atoms with Crippen molar-refractivity contribution in [2.24, 2.45) is 0 Å². The third-order valence-corrected chi connectivity index (χ3v) is 13.3. The molecule has 2 aromatic heterocycles. The zero-order chi connectivity index (χ0) is 40.3. The maximum absolute atomic E-state index is 2.50. The Morgan fingerprint density at radius 3 is 1.39 bits per heavy atom. The number of hydrogen-bond donors (Lipinski definition) is 0. The van der Waals surface area contributed by atoms with Crippen molar-refractivity contribution in [2.75, 3.05) is 4.90 Å². The highest BCUT2D eigenvalue weighted by molar-refractivity contribution is 7.27. The first kappa shape index (κ1) is 35.2. The van der Waals surface area contributed by atoms with Gasteiger partial charge in [-0.3, -0.25) is 0 Å². The number of benzene rings is 10. The van der Waals surface area contributed by atoms with Crippen molar-refractivity contribution in [3.63, 3.8) is 0 Å². The van der Waals surface area contributed by atoms with Gasteiger partial charge in [-0.1, -0.05) is 158 Å². The Hall–Kier alpha value is -7.72. The number of hydrogen-bond acceptors (Lipinski definition) is 2. The van der Waals surface area contributed by atoms with E-state index in [2.05, 4.69) is 240 Å². The molecule has 0 aliphatic rings. The van der Waals surface area contributed by atoms with Crippen molar-refractivity contribution in [1.82, 2.24) is 4.57 Å². The van der Waals surface area contributed by atoms with Crippen molar-refractivity contribution in [3.05, 3.63) is 231 Å². The molecule has 0 aliphatic carbocycles. The standard InChI is InChI=1S/C58H38N2S/c1-5-15-39(16-6-1)41-25-31-47(32-26-41)59(45-19-9-3-10-20-45)48-33-27-42(28-34-48)44-30-36-54-52(38-44)56-50-24-14-13-23-49(50)55-51-37-43(40-17-7-2-8-18-40)29-35-53(51)60(57(55)58(56)61-54)46-21-11-4-12-22-46/h1-38H. The van der Waals surface area contributed by atoms with Crippen LogP contribution in [0.1, 0.15) is 0 Å². The number of thiophene rings is 1. The molecule has 0 aliphatic heterocycles. The largest absolute Gasteiger partial charge is 0.311 e. The van der Waals surface area contributed by atoms with E-state index >= 15 is 0 Å². The summed E-state index contributed by atoms with van der Waals surface area (Å²) in [5.41, 5.74) is 14.3. The van der Waals surface area contributed by atoms with Crippen LogP contribution in [0.4, 0.5) is 17.1 Å². The number of aromatic nitrogens is 1. The molecule has 286 valence electrons. The Morgan fingerprint density at radius 1 is 0.328 bits per heavy atom. The highest BCUT2D eigenvalue weighted by atomic mass is 32.1. The van der Waals surface area contributed by atoms with Gasteiger partial charge in [-0.2, -0.15) is 0 Å². The van der Waals surface area contributed by atoms with Gasteiger partial charge >= 0.3 is 0 Å². The number of fused-ring (bicyclic) bond motifs is 10. The first-order chi connectivity index (χ1) is 30.3. The van der Waals surface area contributed by atoms with E-state index < -0.39 is 0 Å². The number of nitrogens with zero attached hydrogens (tertiary/aromatic N) is 2. The van der Waals surface area contributed by atoms with Gasteiger partial charge in [0.1, 0.15) is 0 Å². The highest BCUT2D eigenvalue weighted by Crippen LogP contribution is 2.49. The van der Waals surface area contributed by atoms with Crippen LogP contribution >= 0.6 is 11.3 Å². The summed E-state index contributed by atoms with van der Waals surface area (Å²) in [7, 11) is 0. The minimum atomic E-state index is 1.11. The zero-order valence-corrected chi connectivity index (χ0v) is 34.1. The predicted octanol–water partition coefficient (Wildman–Crippen LogP) is 16.8. The molecule has 0 fully saturated rings. The highest BCUT2D eigenvalue weighted by Gasteiger charge is 2.23. The van der Waals surface area contributed by atoms with Crippen molar-refractivity contribution in [3.8, 4) is 39.1 Å². The van der Waals surface area contributed by atoms with Gasteiger partial charge < -0.3 is 9.47 Å². The predicted molar refractivity (Wildman–Crippen MR) is 262 cm³/mol. The molecule has 12 rings (SSSR count). The Kier molecular flexibility index (Phi) is 8.39. The molecule has 0 unspecified atom stereocenters. The number of anilines is 3. The van der Waals surface area contributed by atoms with Crippen LogP contribution in [0.15, 0.2) is 231 Å². The molecule has 0 atom stereocenters. The SMILES string of the molecule is c1ccc(-c2ccc(N(c3ccccc3)c3ccc(-c4ccc5sc6c(c5c4)c4ccccc4c4c5cc(-c7ccccc7)ccc5n(-c5ccccc5)c64)cc3)cc2)cc1. The maximum Gasteiger partial charge on any atom is 0.0726 e. The minimum absolute atomic E-state index is 1.11. The summed E-state index contributed by atoms with van der Waals surface area (Å²) in [5, 5.41) is 7.76. The summed E-state index contributed by atoms with van der Waals surface area (Å²) in [6.07, 6.45) is 0. The molecular weight excluding hydrogens is 757 g/mol. The first-order valence-corrected chi connectivity index (χ1v) is 21.7. The molecule has 0 bridgehead atoms. The van der Waals surface area contributed by atoms with Gasteiger partial charge in [0.25, 0.3) is 0 Å². The minimum Gasteiger partial charge on any atom is -0.311 e. The van der Waals surface area contributed by atoms with E-state index in [1.54, 1.807) is 0 Å². The quantitative estimate of drug-likeness (QED) is 0.156. The van der Waals surface area contributed by atoms with Crippen LogP contribution in [0, 0.1) is 0 Å². The number of rotatable bonds is 7. The molecule has 0 saturated carbocycles. The molecule has 0 spiro atoms. The van der Waals surface area contributed by atoms with Crippen LogP contribution < -0.4 is 4.90 Å². The fourth-order valence-electron chi connectivity index (χ4n) is 9.33. The summed E-state index contributed by atoms with van der Waals surface area (Å²) in [5.74, 6) is 0. The molecular formula is C58H38N2S. The van der Waals surface area contributed by atoms with E-state index in [9.17, 15) is 0 Å². The van der Waals surface area contributed by atoms with Gasteiger partial charge in [0.2, 0.25) is 0 Å². The second-order valence-electron chi connectivity index (χ2n) is 15.7. The van der Waals surface area contributed by atoms with Crippen LogP contribution in [0.3, 0.4) is 0 Å². The van der Waals surface area contributed by atoms with E-state index in [1.165, 1.54) is 91.8 Å². The van der Waals surface area contributed by atoms with Crippen molar-refractivity contribution < 1.29 is 0 Å². The van der Waals surface area contributed by atoms with E-state index in [-0.39, 0.29) is 0 Å². The van der Waals surface area contributed by atoms with Crippen molar-refractivity contribution >= 4 is 81.1 Å². The van der Waals surface area contributed by atoms with Gasteiger partial charge in [-0.15, -0.1) is 11.3 Å². The van der Waals surface area contributed by atoms with Gasteiger partial charge in [-0.05, 0) is 117 Å². The van der Waals surface area contributed by atoms with E-state index in [1.807, 2.05) is 11.3 Å². The normalized spacial score (nSPS) is 11.6. The molecule has 10 aromatic carbocycles. The molecule has 2 heterocycles. The van der Waals surface area contributed by atoms with Gasteiger partial charge in [0, 0.05) is 49.0 Å². The van der Waals surface area contributed by atoms with Crippen LogP contribution in [-0.2, 0) is 0 Å². The Bertz CT molecular complexity index is 3540. The zero-order valence-electron chi connectivity index (χ0n) is 33.2. The molecule has 0 N–H and O–H groups in total. The third-order valence-electron chi connectivity index (χ3n) is 12.2. The van der Waals surface area contributed by atoms with Crippen molar-refractivity contribution in [2.45, 2.75) is 0 Å². The van der Waals surface area contributed by atoms with Gasteiger partial charge in [0.15, 0.2) is 0 Å². The average Bonchev–Trinajstić information content (AvgIpc) is 3.90. The molecule has 0 amide bonds. The van der Waals surface area contributed by atoms with Crippen LogP contribution in [0.25, 0.3) is 91.8 Å². The molecule has 3 heteroatoms. The average molecular weight is 795 g/mol. The van der Waals surface area contributed by atoms with Gasteiger partial charge in [-0.25, -0.2) is 0 Å². The topological polar surface area (TPSA) is 8.17 Å². The number of para-hydroxylation sites is 2. The summed E-state index contributed by atoms with van der Waals surface area (Å²) >= 11 is 1.91. The maximum atomic E-state index is 2.50. The first-order valence-electron chi connectivity index (χ1n) is 20.8. The molecule has 61 heavy (non-hydrogen) atoms. The van der Waals surface area contributed by atoms with Crippen LogP contribution in [0.2, 0.25) is 0 Å². The Balaban J connectivity index is 1.02. The fraction of sp³-hybridized carbons (Fsp3) is 0. The Morgan fingerprint density at radius 2 is 0.770 bits per heavy atom. The lowest BCUT2D eigenvalue weighted by Crippen LogP contribution is -2.09. The molecule has 2 nitrogen and oxygen atoms in total. The molecule has 0 saturated heterocycles. The third kappa shape index (κ3) is 5.93. The lowest BCUT2D eigenvalue weighted by Gasteiger charge is -2.26. The second kappa shape index (κ2) is 14.5. The van der Waals surface area contributed by atoms with Crippen molar-refractivity contribution in [1.29, 1.82) is 0 Å². The van der Waals surface area contributed by atoms with Gasteiger partial charge in [0.05, 0.1) is 15.7 Å². The Labute approximate surface area is 358 Å². The van der Waals surface area contributed by atoms with E-state index in [4.69, 9.17) is 0 Å². The van der Waals surface area contributed by atoms with E-state index in [0.717, 1.165) is 17.1 Å². The lowest BCUT2D eigenvalue weighted by molar-refractivity contribution is 1.19. The molecule has 12 aromatic rings. The van der Waals surface area contributed by atoms with Crippen LogP contribution in [-0.4, -0.2) is 4.57 Å². The summed E-state index contributed by atoms with van der Waals surface area (Å²) in [6, 6.07) is 83.8. The summed E-state index contributed by atoms with van der Waals surface area (Å²) < 4.78 is 5.10. The van der Waals surface area contributed by atoms with Crippen LogP contribution in [0.5, 0.6) is 0 Å². The summed E-state index contributed by atoms with van der Waals surface area (Å²) in [4.78, 5) is 2.33. The fourth-order valence-corrected chi connectivity index (χ4v) is 10.6. The monoisotopic (exact) mass is 794 g/mol. The lowest BCUT2D eigenvalue weighted by atomic mass is 9.96. The van der Waals surface area contributed by atoms with E-state index in [0.29, 0.717) is 0 Å². The summed E-state index contributed by atoms with van der Waals surface area (Å²) in [6.45, 7) is 0.